The highest BCUT2D eigenvalue weighted by molar-refractivity contribution is 7.15. The van der Waals surface area contributed by atoms with Gasteiger partial charge in [-0.3, -0.25) is 4.79 Å². The van der Waals surface area contributed by atoms with Crippen molar-refractivity contribution in [1.82, 2.24) is 4.98 Å². The van der Waals surface area contributed by atoms with Gasteiger partial charge in [0.1, 0.15) is 5.75 Å². The molecule has 1 aromatic carbocycles. The van der Waals surface area contributed by atoms with Gasteiger partial charge < -0.3 is 10.1 Å². The van der Waals surface area contributed by atoms with E-state index >= 15 is 0 Å². The Kier molecular flexibility index (Phi) is 5.59. The normalized spacial score (nSPS) is 10.7. The molecule has 112 valence electrons. The molecule has 1 aromatic heterocycles. The van der Waals surface area contributed by atoms with E-state index in [9.17, 15) is 4.79 Å². The first kappa shape index (κ1) is 15.8. The molecule has 0 bridgehead atoms. The average molecular weight is 325 g/mol. The zero-order chi connectivity index (χ0) is 15.2. The summed E-state index contributed by atoms with van der Waals surface area (Å²) in [5.74, 6) is 0.881. The molecule has 0 aliphatic rings. The molecular weight excluding hydrogens is 308 g/mol. The van der Waals surface area contributed by atoms with E-state index in [1.165, 1.54) is 11.3 Å². The number of anilines is 1. The maximum Gasteiger partial charge on any atom is 0.229 e. The Balaban J connectivity index is 1.78. The molecule has 2 rings (SSSR count). The lowest BCUT2D eigenvalue weighted by molar-refractivity contribution is -0.116. The van der Waals surface area contributed by atoms with E-state index < -0.39 is 0 Å². The van der Waals surface area contributed by atoms with Crippen molar-refractivity contribution in [2.24, 2.45) is 0 Å². The van der Waals surface area contributed by atoms with Crippen LogP contribution in [0.1, 0.15) is 31.1 Å². The van der Waals surface area contributed by atoms with Gasteiger partial charge in [-0.1, -0.05) is 37.6 Å². The van der Waals surface area contributed by atoms with E-state index in [-0.39, 0.29) is 18.9 Å². The van der Waals surface area contributed by atoms with Crippen molar-refractivity contribution in [2.75, 3.05) is 11.9 Å². The minimum Gasteiger partial charge on any atom is -0.491 e. The number of benzene rings is 1. The van der Waals surface area contributed by atoms with Crippen LogP contribution >= 0.6 is 22.9 Å². The third-order valence-electron chi connectivity index (χ3n) is 2.76. The number of nitrogens with zero attached hydrogens (tertiary/aromatic N) is 1. The number of rotatable bonds is 6. The first-order chi connectivity index (χ1) is 10.1. The van der Waals surface area contributed by atoms with E-state index in [0.29, 0.717) is 21.8 Å². The lowest BCUT2D eigenvalue weighted by atomic mass is 10.2. The van der Waals surface area contributed by atoms with Crippen LogP contribution in [-0.2, 0) is 4.79 Å². The Morgan fingerprint density at radius 3 is 2.86 bits per heavy atom. The molecule has 1 N–H and O–H groups in total. The van der Waals surface area contributed by atoms with Crippen LogP contribution in [0.5, 0.6) is 5.75 Å². The van der Waals surface area contributed by atoms with Crippen LogP contribution in [0, 0.1) is 0 Å². The molecule has 0 fully saturated rings. The number of aromatic nitrogens is 1. The average Bonchev–Trinajstić information content (AvgIpc) is 2.89. The molecule has 0 saturated carbocycles. The summed E-state index contributed by atoms with van der Waals surface area (Å²) in [4.78, 5) is 17.1. The van der Waals surface area contributed by atoms with Gasteiger partial charge in [0.15, 0.2) is 5.13 Å². The van der Waals surface area contributed by atoms with Crippen LogP contribution in [0.4, 0.5) is 5.13 Å². The fourth-order valence-electron chi connectivity index (χ4n) is 1.61. The quantitative estimate of drug-likeness (QED) is 0.860. The molecule has 0 unspecified atom stereocenters. The summed E-state index contributed by atoms with van der Waals surface area (Å²) in [6, 6.07) is 7.19. The van der Waals surface area contributed by atoms with Crippen molar-refractivity contribution in [3.05, 3.63) is 40.4 Å². The lowest BCUT2D eigenvalue weighted by Gasteiger charge is -2.07. The van der Waals surface area contributed by atoms with Gasteiger partial charge in [-0.15, -0.1) is 11.3 Å². The van der Waals surface area contributed by atoms with Crippen molar-refractivity contribution < 1.29 is 9.53 Å². The second-order valence-corrected chi connectivity index (χ2v) is 6.27. The second-order valence-electron chi connectivity index (χ2n) is 4.80. The number of nitrogens with one attached hydrogen (secondary N) is 1. The standard InChI is InChI=1S/C15H17ClN2O2S/c1-10(2)13-9-17-15(21-13)18-14(19)7-8-20-12-6-4-3-5-11(12)16/h3-6,9-10H,7-8H2,1-2H3,(H,17,18,19). The summed E-state index contributed by atoms with van der Waals surface area (Å²) >= 11 is 7.46. The zero-order valence-electron chi connectivity index (χ0n) is 11.9. The van der Waals surface area contributed by atoms with Gasteiger partial charge >= 0.3 is 0 Å². The summed E-state index contributed by atoms with van der Waals surface area (Å²) in [7, 11) is 0. The molecule has 0 aliphatic heterocycles. The SMILES string of the molecule is CC(C)c1cnc(NC(=O)CCOc2ccccc2Cl)s1. The van der Waals surface area contributed by atoms with Gasteiger partial charge in [0.2, 0.25) is 5.91 Å². The van der Waals surface area contributed by atoms with Crippen LogP contribution in [0.2, 0.25) is 5.02 Å². The highest BCUT2D eigenvalue weighted by atomic mass is 35.5. The van der Waals surface area contributed by atoms with Crippen molar-refractivity contribution in [3.63, 3.8) is 0 Å². The van der Waals surface area contributed by atoms with E-state index in [2.05, 4.69) is 24.1 Å². The number of amides is 1. The van der Waals surface area contributed by atoms with Crippen molar-refractivity contribution in [3.8, 4) is 5.75 Å². The Morgan fingerprint density at radius 2 is 2.19 bits per heavy atom. The van der Waals surface area contributed by atoms with E-state index in [4.69, 9.17) is 16.3 Å². The first-order valence-electron chi connectivity index (χ1n) is 6.69. The molecule has 1 amide bonds. The number of halogens is 1. The Bertz CT molecular complexity index is 613. The molecule has 0 spiro atoms. The fourth-order valence-corrected chi connectivity index (χ4v) is 2.63. The number of para-hydroxylation sites is 1. The van der Waals surface area contributed by atoms with Gasteiger partial charge in [-0.2, -0.15) is 0 Å². The predicted octanol–water partition coefficient (Wildman–Crippen LogP) is 4.33. The molecule has 1 heterocycles. The van der Waals surface area contributed by atoms with Crippen molar-refractivity contribution in [1.29, 1.82) is 0 Å². The van der Waals surface area contributed by atoms with Crippen LogP contribution in [0.3, 0.4) is 0 Å². The Hall–Kier alpha value is -1.59. The lowest BCUT2D eigenvalue weighted by Crippen LogP contribution is -2.15. The third-order valence-corrected chi connectivity index (χ3v) is 4.29. The molecule has 0 saturated heterocycles. The topological polar surface area (TPSA) is 51.2 Å². The number of ether oxygens (including phenoxy) is 1. The van der Waals surface area contributed by atoms with Crippen molar-refractivity contribution in [2.45, 2.75) is 26.2 Å². The molecule has 6 heteroatoms. The maximum atomic E-state index is 11.8. The van der Waals surface area contributed by atoms with Crippen LogP contribution in [-0.4, -0.2) is 17.5 Å². The van der Waals surface area contributed by atoms with Gasteiger partial charge in [-0.25, -0.2) is 4.98 Å². The number of carbonyl (C=O) groups excluding carboxylic acids is 1. The van der Waals surface area contributed by atoms with Crippen LogP contribution < -0.4 is 10.1 Å². The first-order valence-corrected chi connectivity index (χ1v) is 7.88. The summed E-state index contributed by atoms with van der Waals surface area (Å²) in [5, 5.41) is 3.94. The summed E-state index contributed by atoms with van der Waals surface area (Å²) in [6.45, 7) is 4.46. The minimum absolute atomic E-state index is 0.119. The molecule has 2 aromatic rings. The molecule has 0 radical (unpaired) electrons. The van der Waals surface area contributed by atoms with Crippen LogP contribution in [0.25, 0.3) is 0 Å². The van der Waals surface area contributed by atoms with Gasteiger partial charge in [0.25, 0.3) is 0 Å². The van der Waals surface area contributed by atoms with Crippen molar-refractivity contribution >= 4 is 34.0 Å². The second kappa shape index (κ2) is 7.43. The number of hydrogen-bond donors (Lipinski definition) is 1. The van der Waals surface area contributed by atoms with Gasteiger partial charge in [0, 0.05) is 11.1 Å². The van der Waals surface area contributed by atoms with Gasteiger partial charge in [-0.05, 0) is 18.1 Å². The summed E-state index contributed by atoms with van der Waals surface area (Å²) in [5.41, 5.74) is 0. The predicted molar refractivity (Wildman–Crippen MR) is 86.4 cm³/mol. The largest absolute Gasteiger partial charge is 0.491 e. The third kappa shape index (κ3) is 4.72. The van der Waals surface area contributed by atoms with E-state index in [1.807, 2.05) is 12.1 Å². The van der Waals surface area contributed by atoms with E-state index in [1.54, 1.807) is 18.3 Å². The smallest absolute Gasteiger partial charge is 0.229 e. The van der Waals surface area contributed by atoms with Crippen LogP contribution in [0.15, 0.2) is 30.5 Å². The molecule has 0 atom stereocenters. The molecule has 4 nitrogen and oxygen atoms in total. The van der Waals surface area contributed by atoms with Gasteiger partial charge in [0.05, 0.1) is 18.1 Å². The summed E-state index contributed by atoms with van der Waals surface area (Å²) in [6.07, 6.45) is 2.05. The molecule has 21 heavy (non-hydrogen) atoms. The molecular formula is C15H17ClN2O2S. The number of hydrogen-bond acceptors (Lipinski definition) is 4. The fraction of sp³-hybridized carbons (Fsp3) is 0.333. The number of thiazole rings is 1. The Morgan fingerprint density at radius 1 is 1.43 bits per heavy atom. The maximum absolute atomic E-state index is 11.8. The molecule has 0 aliphatic carbocycles. The zero-order valence-corrected chi connectivity index (χ0v) is 13.5. The number of carbonyl (C=O) groups is 1. The van der Waals surface area contributed by atoms with E-state index in [0.717, 1.165) is 4.88 Å². The highest BCUT2D eigenvalue weighted by Crippen LogP contribution is 2.25. The summed E-state index contributed by atoms with van der Waals surface area (Å²) < 4.78 is 5.48. The Labute approximate surface area is 133 Å². The minimum atomic E-state index is -0.119. The highest BCUT2D eigenvalue weighted by Gasteiger charge is 2.09. The monoisotopic (exact) mass is 324 g/mol.